The molecule has 8 nitrogen and oxygen atoms in total. The number of para-hydroxylation sites is 1. The molecule has 0 spiro atoms. The number of methoxy groups -OCH3 is 2. The maximum absolute atomic E-state index is 12.9. The molecule has 1 N–H and O–H groups in total. The molecule has 1 heterocycles. The molecule has 1 aliphatic carbocycles. The summed E-state index contributed by atoms with van der Waals surface area (Å²) in [7, 11) is 3.26. The summed E-state index contributed by atoms with van der Waals surface area (Å²) in [6, 6.07) is 20.5. The fourth-order valence-electron chi connectivity index (χ4n) is 5.60. The molecular weight excluding hydrogens is 522 g/mol. The number of carboxylic acid groups (broad SMARTS) is 1. The minimum Gasteiger partial charge on any atom is -0.493 e. The number of fused-ring (bicyclic) bond motifs is 1. The molecule has 1 saturated heterocycles. The molecule has 0 amide bonds. The SMILES string of the molecule is CC(=O)Oc1ccccc1C(=O)O.COc1cc2c(cc1OC)C(=O)C(CC1CCN(Cc3ccccc3)CC1)C2. The number of rotatable bonds is 8. The summed E-state index contributed by atoms with van der Waals surface area (Å²) in [5.74, 6) is 0.806. The Morgan fingerprint density at radius 3 is 2.17 bits per heavy atom. The Kier molecular flexibility index (Phi) is 10.1. The van der Waals surface area contributed by atoms with Crippen LogP contribution in [0.3, 0.4) is 0 Å². The Balaban J connectivity index is 0.000000251. The first kappa shape index (κ1) is 29.8. The van der Waals surface area contributed by atoms with Crippen molar-refractivity contribution >= 4 is 17.7 Å². The molecule has 41 heavy (non-hydrogen) atoms. The predicted octanol–water partition coefficient (Wildman–Crippen LogP) is 5.67. The molecule has 0 bridgehead atoms. The lowest BCUT2D eigenvalue weighted by Gasteiger charge is -2.32. The number of carbonyl (C=O) groups excluding carboxylic acids is 2. The van der Waals surface area contributed by atoms with E-state index in [1.165, 1.54) is 37.5 Å². The van der Waals surface area contributed by atoms with Crippen molar-refractivity contribution < 1.29 is 33.7 Å². The number of ether oxygens (including phenoxy) is 3. The summed E-state index contributed by atoms with van der Waals surface area (Å²) in [4.78, 5) is 36.7. The van der Waals surface area contributed by atoms with Crippen LogP contribution in [0.15, 0.2) is 66.7 Å². The maximum Gasteiger partial charge on any atom is 0.339 e. The quantitative estimate of drug-likeness (QED) is 0.278. The van der Waals surface area contributed by atoms with Gasteiger partial charge in [-0.15, -0.1) is 0 Å². The third kappa shape index (κ3) is 7.73. The summed E-state index contributed by atoms with van der Waals surface area (Å²) in [6.07, 6.45) is 4.19. The van der Waals surface area contributed by atoms with Gasteiger partial charge >= 0.3 is 11.9 Å². The van der Waals surface area contributed by atoms with Gasteiger partial charge in [-0.2, -0.15) is 0 Å². The highest BCUT2D eigenvalue weighted by molar-refractivity contribution is 6.03. The highest BCUT2D eigenvalue weighted by atomic mass is 16.5. The van der Waals surface area contributed by atoms with E-state index in [9.17, 15) is 14.4 Å². The summed E-state index contributed by atoms with van der Waals surface area (Å²) < 4.78 is 15.5. The summed E-state index contributed by atoms with van der Waals surface area (Å²) in [5, 5.41) is 8.69. The Morgan fingerprint density at radius 1 is 0.902 bits per heavy atom. The van der Waals surface area contributed by atoms with Gasteiger partial charge in [-0.05, 0) is 80.1 Å². The van der Waals surface area contributed by atoms with Gasteiger partial charge in [0.25, 0.3) is 0 Å². The van der Waals surface area contributed by atoms with Crippen LogP contribution in [0.2, 0.25) is 0 Å². The number of aromatic carboxylic acids is 1. The smallest absolute Gasteiger partial charge is 0.339 e. The van der Waals surface area contributed by atoms with E-state index in [4.69, 9.17) is 14.6 Å². The van der Waals surface area contributed by atoms with Gasteiger partial charge in [-0.25, -0.2) is 4.79 Å². The molecule has 3 aromatic rings. The van der Waals surface area contributed by atoms with Crippen LogP contribution in [-0.2, 0) is 17.8 Å². The number of benzene rings is 3. The molecule has 1 atom stereocenters. The molecule has 2 aliphatic rings. The van der Waals surface area contributed by atoms with Gasteiger partial charge in [0.15, 0.2) is 17.3 Å². The highest BCUT2D eigenvalue weighted by Gasteiger charge is 2.34. The van der Waals surface area contributed by atoms with E-state index in [0.29, 0.717) is 17.4 Å². The summed E-state index contributed by atoms with van der Waals surface area (Å²) in [6.45, 7) is 4.49. The van der Waals surface area contributed by atoms with E-state index in [1.807, 2.05) is 12.1 Å². The van der Waals surface area contributed by atoms with E-state index in [0.717, 1.165) is 43.6 Å². The number of ketones is 1. The minimum atomic E-state index is -1.11. The number of esters is 1. The van der Waals surface area contributed by atoms with Crippen molar-refractivity contribution in [3.8, 4) is 17.2 Å². The fraction of sp³-hybridized carbons (Fsp3) is 0.364. The van der Waals surface area contributed by atoms with Crippen molar-refractivity contribution in [1.82, 2.24) is 4.90 Å². The van der Waals surface area contributed by atoms with Crippen LogP contribution in [0.5, 0.6) is 17.2 Å². The molecular formula is C33H37NO7. The monoisotopic (exact) mass is 559 g/mol. The largest absolute Gasteiger partial charge is 0.493 e. The summed E-state index contributed by atoms with van der Waals surface area (Å²) in [5.41, 5.74) is 3.29. The van der Waals surface area contributed by atoms with Crippen molar-refractivity contribution in [2.75, 3.05) is 27.3 Å². The van der Waals surface area contributed by atoms with Crippen molar-refractivity contribution in [3.63, 3.8) is 0 Å². The highest BCUT2D eigenvalue weighted by Crippen LogP contribution is 2.39. The molecule has 0 aromatic heterocycles. The van der Waals surface area contributed by atoms with Crippen molar-refractivity contribution in [3.05, 3.63) is 89.0 Å². The van der Waals surface area contributed by atoms with E-state index >= 15 is 0 Å². The maximum atomic E-state index is 12.9. The van der Waals surface area contributed by atoms with Crippen molar-refractivity contribution in [2.24, 2.45) is 11.8 Å². The second-order valence-corrected chi connectivity index (χ2v) is 10.5. The van der Waals surface area contributed by atoms with Gasteiger partial charge in [0.2, 0.25) is 0 Å². The second-order valence-electron chi connectivity index (χ2n) is 10.5. The molecule has 0 saturated carbocycles. The topological polar surface area (TPSA) is 102 Å². The van der Waals surface area contributed by atoms with Gasteiger partial charge in [0, 0.05) is 24.9 Å². The number of nitrogens with zero attached hydrogens (tertiary/aromatic N) is 1. The van der Waals surface area contributed by atoms with Gasteiger partial charge in [-0.3, -0.25) is 14.5 Å². The zero-order valence-electron chi connectivity index (χ0n) is 23.8. The van der Waals surface area contributed by atoms with Gasteiger partial charge < -0.3 is 19.3 Å². The second kappa shape index (κ2) is 13.9. The van der Waals surface area contributed by atoms with Crippen molar-refractivity contribution in [1.29, 1.82) is 0 Å². The van der Waals surface area contributed by atoms with E-state index in [2.05, 4.69) is 40.0 Å². The number of piperidine rings is 1. The third-order valence-corrected chi connectivity index (χ3v) is 7.66. The number of Topliss-reactive ketones (excluding diaryl/α,β-unsaturated/α-hetero) is 1. The van der Waals surface area contributed by atoms with Crippen LogP contribution in [-0.4, -0.2) is 55.0 Å². The Labute approximate surface area is 240 Å². The first-order chi connectivity index (χ1) is 19.8. The van der Waals surface area contributed by atoms with Crippen molar-refractivity contribution in [2.45, 2.75) is 39.2 Å². The average molecular weight is 560 g/mol. The minimum absolute atomic E-state index is 0.0160. The summed E-state index contributed by atoms with van der Waals surface area (Å²) >= 11 is 0. The predicted molar refractivity (Wildman–Crippen MR) is 155 cm³/mol. The molecule has 1 aliphatic heterocycles. The van der Waals surface area contributed by atoms with Crippen LogP contribution in [0.1, 0.15) is 58.0 Å². The number of hydrogen-bond donors (Lipinski definition) is 1. The van der Waals surface area contributed by atoms with E-state index < -0.39 is 11.9 Å². The van der Waals surface area contributed by atoms with Crippen LogP contribution >= 0.6 is 0 Å². The zero-order valence-corrected chi connectivity index (χ0v) is 23.8. The Bertz CT molecular complexity index is 1360. The lowest BCUT2D eigenvalue weighted by atomic mass is 9.85. The first-order valence-electron chi connectivity index (χ1n) is 13.8. The molecule has 0 radical (unpaired) electrons. The number of hydrogen-bond acceptors (Lipinski definition) is 7. The molecule has 8 heteroatoms. The normalized spacial score (nSPS) is 16.8. The lowest BCUT2D eigenvalue weighted by molar-refractivity contribution is -0.131. The van der Waals surface area contributed by atoms with Crippen LogP contribution in [0.4, 0.5) is 0 Å². The van der Waals surface area contributed by atoms with Gasteiger partial charge in [0.05, 0.1) is 14.2 Å². The van der Waals surface area contributed by atoms with Crippen LogP contribution in [0, 0.1) is 11.8 Å². The fourth-order valence-corrected chi connectivity index (χ4v) is 5.60. The third-order valence-electron chi connectivity index (χ3n) is 7.66. The van der Waals surface area contributed by atoms with E-state index in [1.54, 1.807) is 26.4 Å². The number of likely N-dealkylation sites (tertiary alicyclic amines) is 1. The number of carboxylic acids is 1. The Morgan fingerprint density at radius 2 is 1.54 bits per heavy atom. The van der Waals surface area contributed by atoms with Crippen LogP contribution < -0.4 is 14.2 Å². The molecule has 3 aromatic carbocycles. The van der Waals surface area contributed by atoms with Gasteiger partial charge in [-0.1, -0.05) is 42.5 Å². The molecule has 1 fully saturated rings. The average Bonchev–Trinajstić information content (AvgIpc) is 3.27. The Hall–Kier alpha value is -4.17. The first-order valence-corrected chi connectivity index (χ1v) is 13.8. The van der Waals surface area contributed by atoms with Crippen LogP contribution in [0.25, 0.3) is 0 Å². The lowest BCUT2D eigenvalue weighted by Crippen LogP contribution is -2.34. The molecule has 1 unspecified atom stereocenters. The van der Waals surface area contributed by atoms with Gasteiger partial charge in [0.1, 0.15) is 11.3 Å². The molecule has 216 valence electrons. The van der Waals surface area contributed by atoms with E-state index in [-0.39, 0.29) is 23.0 Å². The molecule has 5 rings (SSSR count). The number of carbonyl (C=O) groups is 3. The standard InChI is InChI=1S/C24H29NO3.C9H8O4/c1-27-22-14-19-13-20(24(26)21(19)15-23(22)28-2)12-17-8-10-25(11-9-17)16-18-6-4-3-5-7-18;1-6(10)13-8-5-3-2-4-7(8)9(11)12/h3-7,14-15,17,20H,8-13,16H2,1-2H3;2-5H,1H3,(H,11,12). The zero-order chi connectivity index (χ0) is 29.4.